The highest BCUT2D eigenvalue weighted by atomic mass is 16.5. The fourth-order valence-electron chi connectivity index (χ4n) is 3.20. The molecule has 2 amide bonds. The molecule has 0 N–H and O–H groups in total. The number of carbonyl (C=O) groups excluding carboxylic acids is 2. The molecule has 0 aliphatic carbocycles. The van der Waals surface area contributed by atoms with E-state index in [0.29, 0.717) is 17.9 Å². The summed E-state index contributed by atoms with van der Waals surface area (Å²) in [6.07, 6.45) is 3.04. The number of carbonyl (C=O) groups is 2. The number of ether oxygens (including phenoxy) is 1. The van der Waals surface area contributed by atoms with Crippen LogP contribution in [0.3, 0.4) is 0 Å². The van der Waals surface area contributed by atoms with E-state index in [0.717, 1.165) is 29.8 Å². The fraction of sp³-hybridized carbons (Fsp3) is 0.238. The van der Waals surface area contributed by atoms with Crippen molar-refractivity contribution >= 4 is 23.2 Å². The monoisotopic (exact) mass is 350 g/mol. The van der Waals surface area contributed by atoms with E-state index in [1.165, 1.54) is 6.08 Å². The zero-order chi connectivity index (χ0) is 18.7. The summed E-state index contributed by atoms with van der Waals surface area (Å²) in [6, 6.07) is 12.9. The molecule has 5 nitrogen and oxygen atoms in total. The summed E-state index contributed by atoms with van der Waals surface area (Å²) in [5.41, 5.74) is 3.23. The van der Waals surface area contributed by atoms with Gasteiger partial charge in [-0.1, -0.05) is 12.6 Å². The second kappa shape index (κ2) is 7.44. The zero-order valence-corrected chi connectivity index (χ0v) is 15.1. The van der Waals surface area contributed by atoms with Crippen LogP contribution in [0.5, 0.6) is 5.75 Å². The van der Waals surface area contributed by atoms with Gasteiger partial charge in [0.2, 0.25) is 5.91 Å². The normalized spacial score (nSPS) is 12.9. The molecular formula is C21H22N2O3. The van der Waals surface area contributed by atoms with Crippen LogP contribution >= 0.6 is 0 Å². The van der Waals surface area contributed by atoms with Crippen LogP contribution in [0.15, 0.2) is 55.1 Å². The molecule has 5 heteroatoms. The Labute approximate surface area is 153 Å². The predicted octanol–water partition coefficient (Wildman–Crippen LogP) is 3.44. The van der Waals surface area contributed by atoms with Crippen LogP contribution in [-0.4, -0.2) is 32.5 Å². The third-order valence-electron chi connectivity index (χ3n) is 4.63. The van der Waals surface area contributed by atoms with Crippen LogP contribution in [0.1, 0.15) is 22.3 Å². The van der Waals surface area contributed by atoms with Crippen molar-refractivity contribution in [3.63, 3.8) is 0 Å². The maximum absolute atomic E-state index is 12.9. The van der Waals surface area contributed by atoms with E-state index in [9.17, 15) is 9.59 Å². The summed E-state index contributed by atoms with van der Waals surface area (Å²) in [4.78, 5) is 28.2. The van der Waals surface area contributed by atoms with Crippen LogP contribution in [0, 0.1) is 0 Å². The molecule has 0 saturated heterocycles. The smallest absolute Gasteiger partial charge is 0.258 e. The minimum atomic E-state index is -0.112. The lowest BCUT2D eigenvalue weighted by Crippen LogP contribution is -2.34. The van der Waals surface area contributed by atoms with Crippen molar-refractivity contribution in [1.82, 2.24) is 0 Å². The van der Waals surface area contributed by atoms with Crippen molar-refractivity contribution in [3.8, 4) is 5.75 Å². The maximum atomic E-state index is 12.9. The molecule has 0 unspecified atom stereocenters. The molecule has 1 aliphatic rings. The van der Waals surface area contributed by atoms with Crippen molar-refractivity contribution in [2.45, 2.75) is 12.8 Å². The summed E-state index contributed by atoms with van der Waals surface area (Å²) >= 11 is 0. The van der Waals surface area contributed by atoms with E-state index >= 15 is 0 Å². The van der Waals surface area contributed by atoms with Gasteiger partial charge in [-0.2, -0.15) is 0 Å². The molecule has 134 valence electrons. The topological polar surface area (TPSA) is 49.9 Å². The van der Waals surface area contributed by atoms with Crippen molar-refractivity contribution in [2.24, 2.45) is 0 Å². The van der Waals surface area contributed by atoms with Crippen molar-refractivity contribution in [3.05, 3.63) is 66.2 Å². The van der Waals surface area contributed by atoms with Gasteiger partial charge in [-0.25, -0.2) is 0 Å². The maximum Gasteiger partial charge on any atom is 0.258 e. The minimum Gasteiger partial charge on any atom is -0.497 e. The largest absolute Gasteiger partial charge is 0.497 e. The van der Waals surface area contributed by atoms with Gasteiger partial charge in [0.1, 0.15) is 5.75 Å². The van der Waals surface area contributed by atoms with E-state index < -0.39 is 0 Å². The van der Waals surface area contributed by atoms with Gasteiger partial charge in [-0.3, -0.25) is 9.59 Å². The van der Waals surface area contributed by atoms with Gasteiger partial charge in [0.25, 0.3) is 5.91 Å². The van der Waals surface area contributed by atoms with E-state index in [-0.39, 0.29) is 11.8 Å². The first-order valence-electron chi connectivity index (χ1n) is 8.54. The third kappa shape index (κ3) is 3.33. The van der Waals surface area contributed by atoms with Gasteiger partial charge >= 0.3 is 0 Å². The Balaban J connectivity index is 1.88. The molecule has 0 spiro atoms. The number of rotatable bonds is 4. The number of anilines is 2. The zero-order valence-electron chi connectivity index (χ0n) is 15.1. The Morgan fingerprint density at radius 2 is 2.04 bits per heavy atom. The Kier molecular flexibility index (Phi) is 5.07. The first-order chi connectivity index (χ1) is 12.5. The van der Waals surface area contributed by atoms with E-state index in [4.69, 9.17) is 4.74 Å². The summed E-state index contributed by atoms with van der Waals surface area (Å²) in [5.74, 6) is 0.484. The number of hydrogen-bond acceptors (Lipinski definition) is 3. The average Bonchev–Trinajstić information content (AvgIpc) is 2.71. The van der Waals surface area contributed by atoms with Crippen LogP contribution in [0.2, 0.25) is 0 Å². The molecule has 0 atom stereocenters. The fourth-order valence-corrected chi connectivity index (χ4v) is 3.20. The Hall–Kier alpha value is -3.08. The number of nitrogens with zero attached hydrogens (tertiary/aromatic N) is 2. The highest BCUT2D eigenvalue weighted by Crippen LogP contribution is 2.29. The highest BCUT2D eigenvalue weighted by Gasteiger charge is 2.23. The lowest BCUT2D eigenvalue weighted by Gasteiger charge is -2.29. The Morgan fingerprint density at radius 3 is 2.77 bits per heavy atom. The van der Waals surface area contributed by atoms with Gasteiger partial charge in [-0.05, 0) is 54.8 Å². The molecule has 26 heavy (non-hydrogen) atoms. The van der Waals surface area contributed by atoms with E-state index in [1.54, 1.807) is 30.0 Å². The molecule has 0 aromatic heterocycles. The molecule has 1 aliphatic heterocycles. The molecule has 3 rings (SSSR count). The predicted molar refractivity (Wildman–Crippen MR) is 103 cm³/mol. The van der Waals surface area contributed by atoms with Crippen LogP contribution in [-0.2, 0) is 11.2 Å². The standard InChI is InChI=1S/C21H22N2O3/c1-4-20(24)23-12-6-7-15-13-16(10-11-19(15)23)21(25)22(2)17-8-5-9-18(14-17)26-3/h4-5,8-11,13-14H,1,6-7,12H2,2-3H3. The van der Waals surface area contributed by atoms with Crippen LogP contribution in [0.25, 0.3) is 0 Å². The lowest BCUT2D eigenvalue weighted by molar-refractivity contribution is -0.114. The average molecular weight is 350 g/mol. The number of methoxy groups -OCH3 is 1. The summed E-state index contributed by atoms with van der Waals surface area (Å²) in [5, 5.41) is 0. The third-order valence-corrected chi connectivity index (χ3v) is 4.63. The second-order valence-electron chi connectivity index (χ2n) is 6.21. The van der Waals surface area contributed by atoms with Crippen molar-refractivity contribution < 1.29 is 14.3 Å². The molecule has 2 aromatic carbocycles. The van der Waals surface area contributed by atoms with Crippen molar-refractivity contribution in [2.75, 3.05) is 30.5 Å². The number of benzene rings is 2. The number of hydrogen-bond donors (Lipinski definition) is 0. The van der Waals surface area contributed by atoms with Gasteiger partial charge in [0, 0.05) is 36.6 Å². The highest BCUT2D eigenvalue weighted by molar-refractivity contribution is 6.07. The molecule has 1 heterocycles. The summed E-state index contributed by atoms with van der Waals surface area (Å²) < 4.78 is 5.23. The van der Waals surface area contributed by atoms with Gasteiger partial charge in [0.05, 0.1) is 7.11 Å². The van der Waals surface area contributed by atoms with Gasteiger partial charge < -0.3 is 14.5 Å². The number of fused-ring (bicyclic) bond motifs is 1. The molecule has 2 aromatic rings. The van der Waals surface area contributed by atoms with E-state index in [2.05, 4.69) is 6.58 Å². The molecule has 0 bridgehead atoms. The van der Waals surface area contributed by atoms with Crippen LogP contribution in [0.4, 0.5) is 11.4 Å². The first kappa shape index (κ1) is 17.7. The number of aryl methyl sites for hydroxylation is 1. The van der Waals surface area contributed by atoms with Crippen molar-refractivity contribution in [1.29, 1.82) is 0 Å². The molecule has 0 saturated carbocycles. The summed E-state index contributed by atoms with van der Waals surface area (Å²) in [7, 11) is 3.34. The first-order valence-corrected chi connectivity index (χ1v) is 8.54. The molecule has 0 fully saturated rings. The molecular weight excluding hydrogens is 328 g/mol. The number of amides is 2. The van der Waals surface area contributed by atoms with Crippen LogP contribution < -0.4 is 14.5 Å². The van der Waals surface area contributed by atoms with E-state index in [1.807, 2.05) is 36.4 Å². The summed E-state index contributed by atoms with van der Waals surface area (Å²) in [6.45, 7) is 4.24. The SMILES string of the molecule is C=CC(=O)N1CCCc2cc(C(=O)N(C)c3cccc(OC)c3)ccc21. The van der Waals surface area contributed by atoms with Gasteiger partial charge in [0.15, 0.2) is 0 Å². The molecule has 0 radical (unpaired) electrons. The Morgan fingerprint density at radius 1 is 1.23 bits per heavy atom. The quantitative estimate of drug-likeness (QED) is 0.794. The van der Waals surface area contributed by atoms with Gasteiger partial charge in [-0.15, -0.1) is 0 Å². The second-order valence-corrected chi connectivity index (χ2v) is 6.21. The Bertz CT molecular complexity index is 860. The minimum absolute atomic E-state index is 0.103. The lowest BCUT2D eigenvalue weighted by atomic mass is 9.98.